The topological polar surface area (TPSA) is 61.0 Å². The van der Waals surface area contributed by atoms with Crippen molar-refractivity contribution in [3.05, 3.63) is 41.3 Å². The maximum Gasteiger partial charge on any atom is 0.142 e. The summed E-state index contributed by atoms with van der Waals surface area (Å²) in [5, 5.41) is 0. The molecular weight excluding hydrogens is 226 g/mol. The summed E-state index contributed by atoms with van der Waals surface area (Å²) < 4.78 is 5.31. The molecule has 0 bridgehead atoms. The van der Waals surface area contributed by atoms with Crippen molar-refractivity contribution in [2.75, 3.05) is 7.11 Å². The Morgan fingerprint density at radius 1 is 1.22 bits per heavy atom. The Bertz CT molecular complexity index is 567. The Kier molecular flexibility index (Phi) is 3.58. The monoisotopic (exact) mass is 243 g/mol. The van der Waals surface area contributed by atoms with E-state index in [0.29, 0.717) is 12.4 Å². The number of nitrogens with two attached hydrogens (primary N) is 1. The van der Waals surface area contributed by atoms with Crippen molar-refractivity contribution < 1.29 is 4.74 Å². The number of ether oxygens (including phenoxy) is 1. The number of aromatic nitrogens is 2. The summed E-state index contributed by atoms with van der Waals surface area (Å²) in [4.78, 5) is 8.55. The van der Waals surface area contributed by atoms with Crippen LogP contribution in [0.2, 0.25) is 0 Å². The van der Waals surface area contributed by atoms with Gasteiger partial charge in [0.15, 0.2) is 0 Å². The van der Waals surface area contributed by atoms with Crippen LogP contribution in [0.5, 0.6) is 5.75 Å². The Hall–Kier alpha value is -1.94. The maximum absolute atomic E-state index is 5.57. The second-order valence-corrected chi connectivity index (χ2v) is 4.20. The van der Waals surface area contributed by atoms with Crippen molar-refractivity contribution in [2.24, 2.45) is 5.73 Å². The lowest BCUT2D eigenvalue weighted by Crippen LogP contribution is -2.03. The van der Waals surface area contributed by atoms with Crippen molar-refractivity contribution in [3.8, 4) is 17.0 Å². The van der Waals surface area contributed by atoms with Gasteiger partial charge in [-0.1, -0.05) is 0 Å². The molecule has 1 aromatic heterocycles. The van der Waals surface area contributed by atoms with Crippen LogP contribution in [-0.4, -0.2) is 17.1 Å². The molecule has 4 nitrogen and oxygen atoms in total. The average molecular weight is 243 g/mol. The van der Waals surface area contributed by atoms with E-state index in [9.17, 15) is 0 Å². The van der Waals surface area contributed by atoms with Crippen LogP contribution in [0.15, 0.2) is 24.4 Å². The normalized spacial score (nSPS) is 10.4. The van der Waals surface area contributed by atoms with Crippen molar-refractivity contribution in [1.82, 2.24) is 9.97 Å². The van der Waals surface area contributed by atoms with Gasteiger partial charge in [-0.25, -0.2) is 9.97 Å². The van der Waals surface area contributed by atoms with Gasteiger partial charge in [-0.15, -0.1) is 0 Å². The fourth-order valence-electron chi connectivity index (χ4n) is 1.93. The summed E-state index contributed by atoms with van der Waals surface area (Å²) in [6.45, 7) is 4.41. The molecule has 0 aliphatic carbocycles. The standard InChI is InChI=1S/C14H17N3O/c1-9-7-13(18-3)10(2)6-11(9)12-4-5-16-14(8-15)17-12/h4-7H,8,15H2,1-3H3. The molecule has 0 saturated heterocycles. The van der Waals surface area contributed by atoms with Gasteiger partial charge in [0, 0.05) is 11.8 Å². The lowest BCUT2D eigenvalue weighted by atomic mass is 10.0. The van der Waals surface area contributed by atoms with Gasteiger partial charge in [0.1, 0.15) is 11.6 Å². The lowest BCUT2D eigenvalue weighted by molar-refractivity contribution is 0.411. The molecule has 0 radical (unpaired) electrons. The minimum absolute atomic E-state index is 0.349. The predicted octanol–water partition coefficient (Wildman–Crippen LogP) is 2.23. The fraction of sp³-hybridized carbons (Fsp3) is 0.286. The number of aryl methyl sites for hydroxylation is 2. The first kappa shape index (κ1) is 12.5. The molecule has 1 aromatic carbocycles. The first-order valence-corrected chi connectivity index (χ1v) is 5.83. The average Bonchev–Trinajstić information content (AvgIpc) is 2.41. The SMILES string of the molecule is COc1cc(C)c(-c2ccnc(CN)n2)cc1C. The molecule has 1 heterocycles. The Labute approximate surface area is 107 Å². The minimum Gasteiger partial charge on any atom is -0.496 e. The summed E-state index contributed by atoms with van der Waals surface area (Å²) in [6, 6.07) is 6.00. The largest absolute Gasteiger partial charge is 0.496 e. The Morgan fingerprint density at radius 3 is 2.67 bits per heavy atom. The van der Waals surface area contributed by atoms with E-state index in [-0.39, 0.29) is 0 Å². The summed E-state index contributed by atoms with van der Waals surface area (Å²) in [5.74, 6) is 1.55. The van der Waals surface area contributed by atoms with Crippen LogP contribution in [0.4, 0.5) is 0 Å². The molecule has 2 N–H and O–H groups in total. The summed E-state index contributed by atoms with van der Waals surface area (Å²) in [5.41, 5.74) is 9.76. The van der Waals surface area contributed by atoms with Crippen LogP contribution in [0.1, 0.15) is 17.0 Å². The van der Waals surface area contributed by atoms with Gasteiger partial charge in [0.2, 0.25) is 0 Å². The van der Waals surface area contributed by atoms with Crippen LogP contribution >= 0.6 is 0 Å². The summed E-state index contributed by atoms with van der Waals surface area (Å²) >= 11 is 0. The third kappa shape index (κ3) is 2.33. The molecule has 0 aliphatic rings. The van der Waals surface area contributed by atoms with E-state index in [1.54, 1.807) is 13.3 Å². The second-order valence-electron chi connectivity index (χ2n) is 4.20. The third-order valence-corrected chi connectivity index (χ3v) is 2.91. The number of hydrogen-bond donors (Lipinski definition) is 1. The van der Waals surface area contributed by atoms with E-state index >= 15 is 0 Å². The fourth-order valence-corrected chi connectivity index (χ4v) is 1.93. The highest BCUT2D eigenvalue weighted by Crippen LogP contribution is 2.28. The van der Waals surface area contributed by atoms with Crippen molar-refractivity contribution in [3.63, 3.8) is 0 Å². The van der Waals surface area contributed by atoms with Gasteiger partial charge in [-0.2, -0.15) is 0 Å². The molecule has 18 heavy (non-hydrogen) atoms. The quantitative estimate of drug-likeness (QED) is 0.898. The van der Waals surface area contributed by atoms with E-state index in [1.165, 1.54) is 0 Å². The van der Waals surface area contributed by atoms with Gasteiger partial charge in [0.05, 0.1) is 19.3 Å². The highest BCUT2D eigenvalue weighted by atomic mass is 16.5. The van der Waals surface area contributed by atoms with Crippen LogP contribution in [0, 0.1) is 13.8 Å². The zero-order valence-electron chi connectivity index (χ0n) is 10.9. The second kappa shape index (κ2) is 5.14. The van der Waals surface area contributed by atoms with Gasteiger partial charge in [-0.05, 0) is 43.2 Å². The molecule has 0 unspecified atom stereocenters. The molecule has 2 rings (SSSR count). The molecule has 0 amide bonds. The van der Waals surface area contributed by atoms with Gasteiger partial charge in [-0.3, -0.25) is 0 Å². The first-order valence-electron chi connectivity index (χ1n) is 5.83. The lowest BCUT2D eigenvalue weighted by Gasteiger charge is -2.11. The number of methoxy groups -OCH3 is 1. The van der Waals surface area contributed by atoms with Crippen LogP contribution in [-0.2, 0) is 6.54 Å². The first-order chi connectivity index (χ1) is 8.65. The van der Waals surface area contributed by atoms with Crippen LogP contribution in [0.3, 0.4) is 0 Å². The van der Waals surface area contributed by atoms with Crippen molar-refractivity contribution >= 4 is 0 Å². The van der Waals surface area contributed by atoms with E-state index < -0.39 is 0 Å². The number of nitrogens with zero attached hydrogens (tertiary/aromatic N) is 2. The molecule has 0 spiro atoms. The molecule has 0 atom stereocenters. The zero-order chi connectivity index (χ0) is 13.1. The molecule has 2 aromatic rings. The molecule has 0 fully saturated rings. The molecule has 4 heteroatoms. The molecule has 0 saturated carbocycles. The highest BCUT2D eigenvalue weighted by molar-refractivity contribution is 5.66. The van der Waals surface area contributed by atoms with Gasteiger partial charge in [0.25, 0.3) is 0 Å². The molecular formula is C14H17N3O. The highest BCUT2D eigenvalue weighted by Gasteiger charge is 2.08. The third-order valence-electron chi connectivity index (χ3n) is 2.91. The molecule has 0 aliphatic heterocycles. The van der Waals surface area contributed by atoms with Crippen molar-refractivity contribution in [1.29, 1.82) is 0 Å². The number of hydrogen-bond acceptors (Lipinski definition) is 4. The van der Waals surface area contributed by atoms with Gasteiger partial charge >= 0.3 is 0 Å². The van der Waals surface area contributed by atoms with Crippen LogP contribution < -0.4 is 10.5 Å². The Balaban J connectivity index is 2.53. The summed E-state index contributed by atoms with van der Waals surface area (Å²) in [6.07, 6.45) is 1.74. The minimum atomic E-state index is 0.349. The number of benzene rings is 1. The summed E-state index contributed by atoms with van der Waals surface area (Å²) in [7, 11) is 1.68. The van der Waals surface area contributed by atoms with Crippen LogP contribution in [0.25, 0.3) is 11.3 Å². The smallest absolute Gasteiger partial charge is 0.142 e. The molecule has 94 valence electrons. The van der Waals surface area contributed by atoms with E-state index in [1.807, 2.05) is 26.0 Å². The van der Waals surface area contributed by atoms with E-state index in [0.717, 1.165) is 28.1 Å². The maximum atomic E-state index is 5.57. The zero-order valence-corrected chi connectivity index (χ0v) is 10.9. The predicted molar refractivity (Wildman–Crippen MR) is 71.4 cm³/mol. The number of rotatable bonds is 3. The Morgan fingerprint density at radius 2 is 2.00 bits per heavy atom. The van der Waals surface area contributed by atoms with Gasteiger partial charge < -0.3 is 10.5 Å². The van der Waals surface area contributed by atoms with E-state index in [2.05, 4.69) is 16.0 Å². The van der Waals surface area contributed by atoms with E-state index in [4.69, 9.17) is 10.5 Å². The van der Waals surface area contributed by atoms with Crippen molar-refractivity contribution in [2.45, 2.75) is 20.4 Å².